The summed E-state index contributed by atoms with van der Waals surface area (Å²) in [6, 6.07) is 6.72. The number of hydrogen-bond donors (Lipinski definition) is 4. The number of rotatable bonds is 2. The summed E-state index contributed by atoms with van der Waals surface area (Å²) in [5, 5.41) is 19.0. The smallest absolute Gasteiger partial charge is 0.274 e. The summed E-state index contributed by atoms with van der Waals surface area (Å²) in [6.07, 6.45) is 3.19. The highest BCUT2D eigenvalue weighted by atomic mass is 35.5. The molecule has 0 unspecified atom stereocenters. The number of aliphatic hydroxyl groups is 1. The van der Waals surface area contributed by atoms with E-state index in [-0.39, 0.29) is 24.7 Å². The van der Waals surface area contributed by atoms with Gasteiger partial charge in [-0.05, 0) is 69.0 Å². The molecule has 40 heavy (non-hydrogen) atoms. The van der Waals surface area contributed by atoms with Gasteiger partial charge in [0.2, 0.25) is 11.8 Å². The van der Waals surface area contributed by atoms with Gasteiger partial charge in [0, 0.05) is 37.1 Å². The van der Waals surface area contributed by atoms with Gasteiger partial charge in [-0.1, -0.05) is 17.7 Å². The fourth-order valence-electron chi connectivity index (χ4n) is 4.61. The topological polar surface area (TPSA) is 145 Å². The summed E-state index contributed by atoms with van der Waals surface area (Å²) in [4.78, 5) is 58.1. The monoisotopic (exact) mass is 568 g/mol. The normalized spacial score (nSPS) is 20.3. The molecule has 2 aromatic heterocycles. The number of carbonyl (C=O) groups excluding carboxylic acids is 4. The first-order valence-corrected chi connectivity index (χ1v) is 13.5. The van der Waals surface area contributed by atoms with E-state index in [1.807, 2.05) is 13.0 Å². The molecular weight excluding hydrogens is 536 g/mol. The molecule has 1 aromatic carbocycles. The van der Waals surface area contributed by atoms with Crippen LogP contribution in [0.1, 0.15) is 52.2 Å². The van der Waals surface area contributed by atoms with Crippen LogP contribution in [0, 0.1) is 6.92 Å². The Morgan fingerprint density at radius 2 is 1.93 bits per heavy atom. The third-order valence-corrected chi connectivity index (χ3v) is 6.97. The van der Waals surface area contributed by atoms with E-state index in [9.17, 15) is 24.3 Å². The van der Waals surface area contributed by atoms with Gasteiger partial charge in [-0.15, -0.1) is 0 Å². The van der Waals surface area contributed by atoms with Crippen molar-refractivity contribution >= 4 is 40.9 Å². The van der Waals surface area contributed by atoms with Gasteiger partial charge >= 0.3 is 0 Å². The summed E-state index contributed by atoms with van der Waals surface area (Å²) in [7, 11) is 0. The molecule has 1 aliphatic rings. The highest BCUT2D eigenvalue weighted by Gasteiger charge is 2.29. The quantitative estimate of drug-likeness (QED) is 0.368. The molecule has 0 saturated carbocycles. The number of benzene rings is 1. The Kier molecular flexibility index (Phi) is 9.06. The summed E-state index contributed by atoms with van der Waals surface area (Å²) >= 11 is 6.06. The molecule has 212 valence electrons. The summed E-state index contributed by atoms with van der Waals surface area (Å²) in [6.45, 7) is 5.11. The van der Waals surface area contributed by atoms with Gasteiger partial charge in [-0.2, -0.15) is 0 Å². The lowest BCUT2D eigenvalue weighted by Gasteiger charge is -2.27. The highest BCUT2D eigenvalue weighted by molar-refractivity contribution is 6.30. The SMILES string of the molecule is Cc1ccc2cc1CCCNC(=O)CN(C(=O)c1cn3cc(Cl)ccc3n1)C[C@@H](C)NC(=O)[C@H]([C@@H](C)O)NC2=O. The molecule has 0 aliphatic carbocycles. The van der Waals surface area contributed by atoms with Crippen molar-refractivity contribution in [1.29, 1.82) is 0 Å². The van der Waals surface area contributed by atoms with Crippen LogP contribution in [0.2, 0.25) is 5.02 Å². The van der Waals surface area contributed by atoms with Crippen LogP contribution >= 0.6 is 11.6 Å². The first kappa shape index (κ1) is 29.0. The van der Waals surface area contributed by atoms with Crippen LogP contribution in [0.15, 0.2) is 42.7 Å². The van der Waals surface area contributed by atoms with Crippen LogP contribution in [0.25, 0.3) is 5.65 Å². The molecule has 12 heteroatoms. The van der Waals surface area contributed by atoms with Crippen molar-refractivity contribution in [2.45, 2.75) is 51.8 Å². The van der Waals surface area contributed by atoms with Crippen LogP contribution in [-0.4, -0.2) is 80.8 Å². The predicted octanol–water partition coefficient (Wildman–Crippen LogP) is 1.48. The van der Waals surface area contributed by atoms with Gasteiger partial charge in [-0.25, -0.2) is 4.98 Å². The van der Waals surface area contributed by atoms with Crippen molar-refractivity contribution < 1.29 is 24.3 Å². The lowest BCUT2D eigenvalue weighted by Crippen LogP contribution is -2.56. The number of amides is 4. The molecule has 3 aromatic rings. The maximum absolute atomic E-state index is 13.5. The van der Waals surface area contributed by atoms with E-state index in [0.717, 1.165) is 11.1 Å². The Morgan fingerprint density at radius 1 is 1.15 bits per heavy atom. The predicted molar refractivity (Wildman–Crippen MR) is 149 cm³/mol. The number of aromatic nitrogens is 2. The lowest BCUT2D eigenvalue weighted by atomic mass is 10.00. The molecule has 4 rings (SSSR count). The van der Waals surface area contributed by atoms with E-state index in [1.54, 1.807) is 41.8 Å². The van der Waals surface area contributed by atoms with Crippen molar-refractivity contribution in [2.75, 3.05) is 19.6 Å². The standard InChI is InChI=1S/C28H33ClN6O5/c1-16-6-7-20-11-19(16)5-4-10-30-24(37)15-35(12-17(2)31-27(39)25(18(3)36)33-26(20)38)28(40)22-14-34-13-21(29)8-9-23(34)32-22/h6-9,11,13-14,17-18,25,36H,4-5,10,12,15H2,1-3H3,(H,30,37)(H,31,39)(H,33,38)/t17-,18-,25+/m1/s1. The second kappa shape index (κ2) is 12.5. The minimum atomic E-state index is -1.23. The second-order valence-electron chi connectivity index (χ2n) is 10.1. The molecule has 3 heterocycles. The molecule has 4 N–H and O–H groups in total. The number of aliphatic hydroxyl groups excluding tert-OH is 1. The van der Waals surface area contributed by atoms with Crippen molar-refractivity contribution in [3.63, 3.8) is 0 Å². The zero-order valence-corrected chi connectivity index (χ0v) is 23.4. The number of pyridine rings is 1. The molecule has 11 nitrogen and oxygen atoms in total. The first-order valence-electron chi connectivity index (χ1n) is 13.1. The number of aryl methyl sites for hydroxylation is 2. The molecule has 4 amide bonds. The number of halogens is 1. The molecule has 1 aliphatic heterocycles. The minimum absolute atomic E-state index is 0.0208. The maximum atomic E-state index is 13.5. The van der Waals surface area contributed by atoms with E-state index in [4.69, 9.17) is 11.6 Å². The van der Waals surface area contributed by atoms with Gasteiger partial charge in [0.1, 0.15) is 17.4 Å². The fraction of sp³-hybridized carbons (Fsp3) is 0.393. The highest BCUT2D eigenvalue weighted by Crippen LogP contribution is 2.15. The first-order chi connectivity index (χ1) is 19.0. The zero-order chi connectivity index (χ0) is 29.0. The molecule has 2 bridgehead atoms. The largest absolute Gasteiger partial charge is 0.391 e. The number of fused-ring (bicyclic) bond motifs is 3. The molecule has 3 atom stereocenters. The van der Waals surface area contributed by atoms with E-state index in [0.29, 0.717) is 35.6 Å². The Morgan fingerprint density at radius 3 is 2.67 bits per heavy atom. The Labute approximate surface area is 236 Å². The van der Waals surface area contributed by atoms with Gasteiger partial charge in [-0.3, -0.25) is 19.2 Å². The van der Waals surface area contributed by atoms with Crippen molar-refractivity contribution in [1.82, 2.24) is 30.2 Å². The number of carbonyl (C=O) groups is 4. The molecular formula is C28H33ClN6O5. The molecule has 0 radical (unpaired) electrons. The number of hydrogen-bond acceptors (Lipinski definition) is 6. The summed E-state index contributed by atoms with van der Waals surface area (Å²) < 4.78 is 1.62. The molecule has 0 fully saturated rings. The summed E-state index contributed by atoms with van der Waals surface area (Å²) in [5.74, 6) is -1.96. The van der Waals surface area contributed by atoms with Gasteiger partial charge in [0.05, 0.1) is 17.7 Å². The minimum Gasteiger partial charge on any atom is -0.391 e. The van der Waals surface area contributed by atoms with E-state index in [1.165, 1.54) is 18.0 Å². The molecule has 0 saturated heterocycles. The third kappa shape index (κ3) is 6.97. The van der Waals surface area contributed by atoms with E-state index < -0.39 is 35.9 Å². The lowest BCUT2D eigenvalue weighted by molar-refractivity contribution is -0.126. The van der Waals surface area contributed by atoms with Crippen LogP contribution in [0.3, 0.4) is 0 Å². The average molecular weight is 569 g/mol. The number of nitrogens with one attached hydrogen (secondary N) is 3. The fourth-order valence-corrected chi connectivity index (χ4v) is 4.77. The number of nitrogens with zero attached hydrogens (tertiary/aromatic N) is 3. The van der Waals surface area contributed by atoms with Gasteiger partial charge < -0.3 is 30.4 Å². The van der Waals surface area contributed by atoms with Crippen LogP contribution in [0.5, 0.6) is 0 Å². The molecule has 0 spiro atoms. The van der Waals surface area contributed by atoms with E-state index >= 15 is 0 Å². The average Bonchev–Trinajstić information content (AvgIpc) is 3.32. The zero-order valence-electron chi connectivity index (χ0n) is 22.6. The Bertz CT molecular complexity index is 1440. The van der Waals surface area contributed by atoms with Crippen molar-refractivity contribution in [3.8, 4) is 0 Å². The summed E-state index contributed by atoms with van der Waals surface area (Å²) in [5.41, 5.74) is 2.92. The van der Waals surface area contributed by atoms with Crippen LogP contribution < -0.4 is 16.0 Å². The van der Waals surface area contributed by atoms with Crippen molar-refractivity contribution in [2.24, 2.45) is 0 Å². The van der Waals surface area contributed by atoms with Crippen LogP contribution in [0.4, 0.5) is 0 Å². The van der Waals surface area contributed by atoms with Gasteiger partial charge in [0.15, 0.2) is 0 Å². The second-order valence-corrected chi connectivity index (χ2v) is 10.6. The third-order valence-electron chi connectivity index (χ3n) is 6.75. The number of imidazole rings is 1. The van der Waals surface area contributed by atoms with Gasteiger partial charge in [0.25, 0.3) is 11.8 Å². The van der Waals surface area contributed by atoms with Crippen molar-refractivity contribution in [3.05, 3.63) is 70.1 Å². The van der Waals surface area contributed by atoms with E-state index in [2.05, 4.69) is 20.9 Å². The van der Waals surface area contributed by atoms with Crippen LogP contribution in [-0.2, 0) is 16.0 Å². The Hall–Kier alpha value is -3.96. The maximum Gasteiger partial charge on any atom is 0.274 e. The Balaban J connectivity index is 1.60.